The molecule has 0 aliphatic carbocycles. The molecule has 1 amide bonds. The molecule has 106 valence electrons. The van der Waals surface area contributed by atoms with Gasteiger partial charge in [-0.05, 0) is 30.9 Å². The third-order valence-electron chi connectivity index (χ3n) is 2.86. The van der Waals surface area contributed by atoms with E-state index in [0.29, 0.717) is 6.42 Å². The van der Waals surface area contributed by atoms with E-state index in [1.54, 1.807) is 21.3 Å². The number of unbranched alkanes of at least 4 members (excludes halogenated alkanes) is 1. The van der Waals surface area contributed by atoms with Gasteiger partial charge in [-0.25, -0.2) is 5.43 Å². The van der Waals surface area contributed by atoms with Crippen molar-refractivity contribution in [1.29, 1.82) is 0 Å². The number of amides is 1. The first kappa shape index (κ1) is 15.3. The first-order chi connectivity index (χ1) is 9.21. The third-order valence-corrected chi connectivity index (χ3v) is 2.86. The zero-order valence-corrected chi connectivity index (χ0v) is 11.8. The summed E-state index contributed by atoms with van der Waals surface area (Å²) in [6.45, 7) is 0. The summed E-state index contributed by atoms with van der Waals surface area (Å²) < 4.78 is 10.5. The molecule has 0 spiro atoms. The molecule has 0 saturated carbocycles. The Kier molecular flexibility index (Phi) is 6.74. The second kappa shape index (κ2) is 8.37. The zero-order valence-electron chi connectivity index (χ0n) is 11.8. The average molecular weight is 266 g/mol. The van der Waals surface area contributed by atoms with E-state index in [1.165, 1.54) is 0 Å². The molecule has 0 saturated heterocycles. The first-order valence-corrected chi connectivity index (χ1v) is 6.37. The van der Waals surface area contributed by atoms with Gasteiger partial charge in [-0.15, -0.1) is 0 Å². The molecular formula is C14H22N2O3. The maximum absolute atomic E-state index is 11.2. The minimum Gasteiger partial charge on any atom is -0.497 e. The van der Waals surface area contributed by atoms with Crippen LogP contribution < -0.4 is 20.3 Å². The molecule has 0 aliphatic heterocycles. The van der Waals surface area contributed by atoms with Crippen molar-refractivity contribution in [3.8, 4) is 11.5 Å². The SMILES string of the molecule is CNNC(=O)CCCCc1ccc(OC)cc1OC. The Morgan fingerprint density at radius 1 is 1.21 bits per heavy atom. The summed E-state index contributed by atoms with van der Waals surface area (Å²) in [5.41, 5.74) is 6.31. The Hall–Kier alpha value is -1.75. The lowest BCUT2D eigenvalue weighted by molar-refractivity contribution is -0.122. The Morgan fingerprint density at radius 3 is 2.63 bits per heavy atom. The molecule has 1 rings (SSSR count). The second-order valence-corrected chi connectivity index (χ2v) is 4.18. The highest BCUT2D eigenvalue weighted by atomic mass is 16.5. The summed E-state index contributed by atoms with van der Waals surface area (Å²) in [5.74, 6) is 1.64. The van der Waals surface area contributed by atoms with Gasteiger partial charge >= 0.3 is 0 Å². The number of carbonyl (C=O) groups excluding carboxylic acids is 1. The Bertz CT molecular complexity index is 408. The number of aryl methyl sites for hydroxylation is 1. The monoisotopic (exact) mass is 266 g/mol. The number of carbonyl (C=O) groups is 1. The normalized spacial score (nSPS) is 10.1. The van der Waals surface area contributed by atoms with Gasteiger partial charge < -0.3 is 9.47 Å². The zero-order chi connectivity index (χ0) is 14.1. The van der Waals surface area contributed by atoms with Crippen molar-refractivity contribution in [2.24, 2.45) is 0 Å². The maximum Gasteiger partial charge on any atom is 0.234 e. The van der Waals surface area contributed by atoms with Crippen molar-refractivity contribution in [2.45, 2.75) is 25.7 Å². The highest BCUT2D eigenvalue weighted by molar-refractivity contribution is 5.75. The predicted octanol–water partition coefficient (Wildman–Crippen LogP) is 1.67. The quantitative estimate of drug-likeness (QED) is 0.555. The number of nitrogens with one attached hydrogen (secondary N) is 2. The van der Waals surface area contributed by atoms with Crippen LogP contribution in [0.4, 0.5) is 0 Å². The minimum atomic E-state index is 0.0178. The predicted molar refractivity (Wildman–Crippen MR) is 74.3 cm³/mol. The van der Waals surface area contributed by atoms with Crippen LogP contribution in [0.5, 0.6) is 11.5 Å². The molecule has 0 unspecified atom stereocenters. The molecule has 0 fully saturated rings. The number of methoxy groups -OCH3 is 2. The number of hydrazine groups is 1. The summed E-state index contributed by atoms with van der Waals surface area (Å²) in [4.78, 5) is 11.2. The fourth-order valence-electron chi connectivity index (χ4n) is 1.86. The fourth-order valence-corrected chi connectivity index (χ4v) is 1.86. The fraction of sp³-hybridized carbons (Fsp3) is 0.500. The number of hydrogen-bond acceptors (Lipinski definition) is 4. The van der Waals surface area contributed by atoms with Gasteiger partial charge in [0.05, 0.1) is 14.2 Å². The lowest BCUT2D eigenvalue weighted by atomic mass is 10.1. The largest absolute Gasteiger partial charge is 0.497 e. The van der Waals surface area contributed by atoms with E-state index < -0.39 is 0 Å². The first-order valence-electron chi connectivity index (χ1n) is 6.37. The van der Waals surface area contributed by atoms with Gasteiger partial charge in [-0.1, -0.05) is 6.07 Å². The number of hydrogen-bond donors (Lipinski definition) is 2. The Morgan fingerprint density at radius 2 is 2.00 bits per heavy atom. The summed E-state index contributed by atoms with van der Waals surface area (Å²) >= 11 is 0. The van der Waals surface area contributed by atoms with Crippen molar-refractivity contribution < 1.29 is 14.3 Å². The smallest absolute Gasteiger partial charge is 0.234 e. The summed E-state index contributed by atoms with van der Waals surface area (Å²) in [6, 6.07) is 5.81. The molecule has 0 bridgehead atoms. The lowest BCUT2D eigenvalue weighted by Gasteiger charge is -2.10. The molecule has 0 heterocycles. The maximum atomic E-state index is 11.2. The van der Waals surface area contributed by atoms with E-state index >= 15 is 0 Å². The van der Waals surface area contributed by atoms with Crippen molar-refractivity contribution in [2.75, 3.05) is 21.3 Å². The van der Waals surface area contributed by atoms with E-state index in [2.05, 4.69) is 10.9 Å². The van der Waals surface area contributed by atoms with Gasteiger partial charge in [0.25, 0.3) is 0 Å². The second-order valence-electron chi connectivity index (χ2n) is 4.18. The van der Waals surface area contributed by atoms with Crippen LogP contribution in [-0.2, 0) is 11.2 Å². The highest BCUT2D eigenvalue weighted by Gasteiger charge is 2.05. The molecule has 5 heteroatoms. The van der Waals surface area contributed by atoms with E-state index in [9.17, 15) is 4.79 Å². The van der Waals surface area contributed by atoms with Crippen molar-refractivity contribution >= 4 is 5.91 Å². The average Bonchev–Trinajstić information content (AvgIpc) is 2.44. The number of ether oxygens (including phenoxy) is 2. The van der Waals surface area contributed by atoms with Crippen LogP contribution in [0, 0.1) is 0 Å². The third kappa shape index (κ3) is 5.18. The number of benzene rings is 1. The van der Waals surface area contributed by atoms with Gasteiger partial charge in [0, 0.05) is 19.5 Å². The van der Waals surface area contributed by atoms with E-state index in [4.69, 9.17) is 9.47 Å². The van der Waals surface area contributed by atoms with Crippen LogP contribution in [0.15, 0.2) is 18.2 Å². The molecule has 0 aliphatic rings. The molecule has 2 N–H and O–H groups in total. The van der Waals surface area contributed by atoms with Crippen LogP contribution >= 0.6 is 0 Å². The summed E-state index contributed by atoms with van der Waals surface area (Å²) in [6.07, 6.45) is 3.21. The van der Waals surface area contributed by atoms with E-state index in [1.807, 2.05) is 18.2 Å². The minimum absolute atomic E-state index is 0.0178. The molecule has 1 aromatic carbocycles. The summed E-state index contributed by atoms with van der Waals surface area (Å²) in [7, 11) is 4.97. The van der Waals surface area contributed by atoms with Gasteiger partial charge in [-0.2, -0.15) is 0 Å². The van der Waals surface area contributed by atoms with Crippen LogP contribution in [0.2, 0.25) is 0 Å². The Balaban J connectivity index is 2.42. The molecule has 1 aromatic rings. The molecule has 19 heavy (non-hydrogen) atoms. The molecule has 5 nitrogen and oxygen atoms in total. The standard InChI is InChI=1S/C14H22N2O3/c1-15-16-14(17)7-5-4-6-11-8-9-12(18-2)10-13(11)19-3/h8-10,15H,4-7H2,1-3H3,(H,16,17). The number of rotatable bonds is 8. The van der Waals surface area contributed by atoms with Gasteiger partial charge in [-0.3, -0.25) is 10.2 Å². The van der Waals surface area contributed by atoms with E-state index in [0.717, 1.165) is 36.3 Å². The van der Waals surface area contributed by atoms with Crippen molar-refractivity contribution in [3.05, 3.63) is 23.8 Å². The van der Waals surface area contributed by atoms with Crippen LogP contribution in [0.3, 0.4) is 0 Å². The van der Waals surface area contributed by atoms with Crippen LogP contribution in [-0.4, -0.2) is 27.2 Å². The molecular weight excluding hydrogens is 244 g/mol. The summed E-state index contributed by atoms with van der Waals surface area (Å²) in [5, 5.41) is 0. The van der Waals surface area contributed by atoms with Crippen molar-refractivity contribution in [3.63, 3.8) is 0 Å². The topological polar surface area (TPSA) is 59.6 Å². The van der Waals surface area contributed by atoms with Gasteiger partial charge in [0.15, 0.2) is 0 Å². The lowest BCUT2D eigenvalue weighted by Crippen LogP contribution is -2.33. The van der Waals surface area contributed by atoms with Crippen LogP contribution in [0.25, 0.3) is 0 Å². The molecule has 0 aromatic heterocycles. The van der Waals surface area contributed by atoms with Gasteiger partial charge in [0.1, 0.15) is 11.5 Å². The van der Waals surface area contributed by atoms with Crippen molar-refractivity contribution in [1.82, 2.24) is 10.9 Å². The highest BCUT2D eigenvalue weighted by Crippen LogP contribution is 2.25. The van der Waals surface area contributed by atoms with Crippen LogP contribution in [0.1, 0.15) is 24.8 Å². The van der Waals surface area contributed by atoms with E-state index in [-0.39, 0.29) is 5.91 Å². The molecule has 0 radical (unpaired) electrons. The Labute approximate surface area is 114 Å². The molecule has 0 atom stereocenters. The van der Waals surface area contributed by atoms with Gasteiger partial charge in [0.2, 0.25) is 5.91 Å².